The third-order valence-corrected chi connectivity index (χ3v) is 3.17. The molecule has 1 fully saturated rings. The summed E-state index contributed by atoms with van der Waals surface area (Å²) in [5, 5.41) is 0. The smallest absolute Gasteiger partial charge is 0.115 e. The van der Waals surface area contributed by atoms with Gasteiger partial charge in [-0.2, -0.15) is 0 Å². The Kier molecular flexibility index (Phi) is 3.31. The van der Waals surface area contributed by atoms with Gasteiger partial charge in [-0.3, -0.25) is 4.90 Å². The summed E-state index contributed by atoms with van der Waals surface area (Å²) in [6.45, 7) is 6.52. The highest BCUT2D eigenvalue weighted by Gasteiger charge is 2.18. The lowest BCUT2D eigenvalue weighted by Crippen LogP contribution is -2.37. The van der Waals surface area contributed by atoms with Crippen LogP contribution in [0.3, 0.4) is 0 Å². The minimum Gasteiger partial charge on any atom is -0.295 e. The van der Waals surface area contributed by atoms with Crippen LogP contribution < -0.4 is 0 Å². The van der Waals surface area contributed by atoms with Gasteiger partial charge < -0.3 is 0 Å². The number of hydrogen-bond acceptors (Lipinski definition) is 3. The summed E-state index contributed by atoms with van der Waals surface area (Å²) in [5.41, 5.74) is 2.21. The first-order chi connectivity index (χ1) is 7.25. The van der Waals surface area contributed by atoms with E-state index in [1.165, 1.54) is 25.8 Å². The van der Waals surface area contributed by atoms with Crippen molar-refractivity contribution in [2.24, 2.45) is 0 Å². The van der Waals surface area contributed by atoms with E-state index in [-0.39, 0.29) is 0 Å². The minimum absolute atomic E-state index is 0.703. The summed E-state index contributed by atoms with van der Waals surface area (Å²) in [4.78, 5) is 11.0. The molecule has 0 spiro atoms. The number of aromatic nitrogens is 2. The third-order valence-electron chi connectivity index (χ3n) is 3.17. The van der Waals surface area contributed by atoms with Crippen LogP contribution in [0.25, 0.3) is 0 Å². The van der Waals surface area contributed by atoms with Gasteiger partial charge in [-0.15, -0.1) is 0 Å². The molecule has 0 aromatic carbocycles. The Labute approximate surface area is 91.5 Å². The van der Waals surface area contributed by atoms with Gasteiger partial charge in [0.05, 0.1) is 5.69 Å². The lowest BCUT2D eigenvalue weighted by molar-refractivity contribution is 0.151. The van der Waals surface area contributed by atoms with Crippen molar-refractivity contribution in [2.45, 2.75) is 45.7 Å². The van der Waals surface area contributed by atoms with Crippen molar-refractivity contribution >= 4 is 0 Å². The molecule has 0 aliphatic carbocycles. The molecule has 0 N–H and O–H groups in total. The zero-order chi connectivity index (χ0) is 10.7. The number of likely N-dealkylation sites (tertiary alicyclic amines) is 1. The van der Waals surface area contributed by atoms with Crippen molar-refractivity contribution in [3.05, 3.63) is 23.8 Å². The summed E-state index contributed by atoms with van der Waals surface area (Å²) < 4.78 is 0. The fourth-order valence-electron chi connectivity index (χ4n) is 2.20. The fourth-order valence-corrected chi connectivity index (χ4v) is 2.20. The first-order valence-corrected chi connectivity index (χ1v) is 5.77. The van der Waals surface area contributed by atoms with Crippen molar-refractivity contribution < 1.29 is 0 Å². The summed E-state index contributed by atoms with van der Waals surface area (Å²) in [6, 6.07) is 2.79. The minimum atomic E-state index is 0.703. The van der Waals surface area contributed by atoms with E-state index in [0.717, 1.165) is 17.9 Å². The molecule has 0 radical (unpaired) electrons. The summed E-state index contributed by atoms with van der Waals surface area (Å²) in [5.74, 6) is 0. The zero-order valence-corrected chi connectivity index (χ0v) is 9.61. The molecule has 3 heteroatoms. The molecule has 1 aliphatic rings. The lowest BCUT2D eigenvalue weighted by atomic mass is 10.0. The van der Waals surface area contributed by atoms with E-state index in [4.69, 9.17) is 0 Å². The van der Waals surface area contributed by atoms with E-state index >= 15 is 0 Å². The van der Waals surface area contributed by atoms with Gasteiger partial charge in [-0.25, -0.2) is 9.97 Å². The molecule has 1 atom stereocenters. The zero-order valence-electron chi connectivity index (χ0n) is 9.61. The fraction of sp³-hybridized carbons (Fsp3) is 0.667. The molecule has 1 unspecified atom stereocenters. The van der Waals surface area contributed by atoms with E-state index in [9.17, 15) is 0 Å². The molecular formula is C12H19N3. The monoisotopic (exact) mass is 205 g/mol. The standard InChI is InChI=1S/C12H19N3/c1-10-7-12(14-9-13-10)8-15-6-4-3-5-11(15)2/h7,9,11H,3-6,8H2,1-2H3. The molecule has 1 saturated heterocycles. The van der Waals surface area contributed by atoms with Crippen LogP contribution in [0.4, 0.5) is 0 Å². The Morgan fingerprint density at radius 2 is 2.27 bits per heavy atom. The topological polar surface area (TPSA) is 29.0 Å². The van der Waals surface area contributed by atoms with Gasteiger partial charge in [0, 0.05) is 18.3 Å². The molecule has 1 aliphatic heterocycles. The summed E-state index contributed by atoms with van der Waals surface area (Å²) in [6.07, 6.45) is 5.69. The second-order valence-electron chi connectivity index (χ2n) is 4.47. The quantitative estimate of drug-likeness (QED) is 0.741. The van der Waals surface area contributed by atoms with Crippen LogP contribution in [0.15, 0.2) is 12.4 Å². The normalized spacial score (nSPS) is 22.9. The lowest BCUT2D eigenvalue weighted by Gasteiger charge is -2.32. The van der Waals surface area contributed by atoms with Gasteiger partial charge in [0.1, 0.15) is 6.33 Å². The Balaban J connectivity index is 2.01. The summed E-state index contributed by atoms with van der Waals surface area (Å²) >= 11 is 0. The second kappa shape index (κ2) is 4.71. The highest BCUT2D eigenvalue weighted by Crippen LogP contribution is 2.18. The Bertz CT molecular complexity index is 324. The first-order valence-electron chi connectivity index (χ1n) is 5.77. The Morgan fingerprint density at radius 3 is 3.00 bits per heavy atom. The predicted molar refractivity (Wildman–Crippen MR) is 60.5 cm³/mol. The number of piperidine rings is 1. The molecule has 1 aromatic heterocycles. The Hall–Kier alpha value is -0.960. The van der Waals surface area contributed by atoms with Crippen LogP contribution >= 0.6 is 0 Å². The van der Waals surface area contributed by atoms with Crippen molar-refractivity contribution in [1.29, 1.82) is 0 Å². The van der Waals surface area contributed by atoms with Gasteiger partial charge in [0.25, 0.3) is 0 Å². The molecule has 3 nitrogen and oxygen atoms in total. The molecule has 2 heterocycles. The average molecular weight is 205 g/mol. The van der Waals surface area contributed by atoms with Crippen LogP contribution in [0.2, 0.25) is 0 Å². The average Bonchev–Trinajstić information content (AvgIpc) is 2.22. The van der Waals surface area contributed by atoms with Crippen LogP contribution in [-0.2, 0) is 6.54 Å². The third kappa shape index (κ3) is 2.75. The molecule has 1 aromatic rings. The molecule has 82 valence electrons. The SMILES string of the molecule is Cc1cc(CN2CCCCC2C)ncn1. The van der Waals surface area contributed by atoms with Crippen molar-refractivity contribution in [3.63, 3.8) is 0 Å². The van der Waals surface area contributed by atoms with Crippen molar-refractivity contribution in [3.8, 4) is 0 Å². The summed E-state index contributed by atoms with van der Waals surface area (Å²) in [7, 11) is 0. The maximum Gasteiger partial charge on any atom is 0.115 e. The van der Waals surface area contributed by atoms with Crippen molar-refractivity contribution in [2.75, 3.05) is 6.54 Å². The van der Waals surface area contributed by atoms with E-state index in [1.807, 2.05) is 6.92 Å². The maximum atomic E-state index is 4.32. The van der Waals surface area contributed by atoms with Crippen molar-refractivity contribution in [1.82, 2.24) is 14.9 Å². The number of rotatable bonds is 2. The largest absolute Gasteiger partial charge is 0.295 e. The van der Waals surface area contributed by atoms with Crippen LogP contribution in [0.1, 0.15) is 37.6 Å². The molecule has 0 bridgehead atoms. The van der Waals surface area contributed by atoms with E-state index in [2.05, 4.69) is 27.9 Å². The molecule has 0 amide bonds. The number of hydrogen-bond donors (Lipinski definition) is 0. The maximum absolute atomic E-state index is 4.32. The number of nitrogens with zero attached hydrogens (tertiary/aromatic N) is 3. The second-order valence-corrected chi connectivity index (χ2v) is 4.47. The van der Waals surface area contributed by atoms with E-state index in [1.54, 1.807) is 6.33 Å². The van der Waals surface area contributed by atoms with Gasteiger partial charge >= 0.3 is 0 Å². The highest BCUT2D eigenvalue weighted by atomic mass is 15.2. The van der Waals surface area contributed by atoms with E-state index in [0.29, 0.717) is 6.04 Å². The predicted octanol–water partition coefficient (Wildman–Crippen LogP) is 2.16. The Morgan fingerprint density at radius 1 is 1.40 bits per heavy atom. The van der Waals surface area contributed by atoms with Crippen LogP contribution in [0.5, 0.6) is 0 Å². The van der Waals surface area contributed by atoms with Gasteiger partial charge in [0.15, 0.2) is 0 Å². The molecule has 2 rings (SSSR count). The van der Waals surface area contributed by atoms with Crippen LogP contribution in [0, 0.1) is 6.92 Å². The molecular weight excluding hydrogens is 186 g/mol. The molecule has 0 saturated carbocycles. The van der Waals surface area contributed by atoms with Gasteiger partial charge in [-0.05, 0) is 39.3 Å². The van der Waals surface area contributed by atoms with Crippen LogP contribution in [-0.4, -0.2) is 27.5 Å². The first kappa shape index (κ1) is 10.6. The molecule has 15 heavy (non-hydrogen) atoms. The number of aryl methyl sites for hydroxylation is 1. The highest BCUT2D eigenvalue weighted by molar-refractivity contribution is 5.06. The van der Waals surface area contributed by atoms with E-state index < -0.39 is 0 Å². The van der Waals surface area contributed by atoms with Gasteiger partial charge in [0.2, 0.25) is 0 Å². The van der Waals surface area contributed by atoms with Gasteiger partial charge in [-0.1, -0.05) is 6.42 Å².